The van der Waals surface area contributed by atoms with Crippen LogP contribution < -0.4 is 4.74 Å². The summed E-state index contributed by atoms with van der Waals surface area (Å²) < 4.78 is 9.57. The predicted molar refractivity (Wildman–Crippen MR) is 41.6 cm³/mol. The Balaban J connectivity index is 2.74. The predicted octanol–water partition coefficient (Wildman–Crippen LogP) is 0.763. The third-order valence-corrected chi connectivity index (χ3v) is 1.39. The van der Waals surface area contributed by atoms with Crippen LogP contribution in [0, 0.1) is 0 Å². The van der Waals surface area contributed by atoms with Gasteiger partial charge in [0.2, 0.25) is 0 Å². The number of hydrogen-bond donors (Lipinski definition) is 0. The van der Waals surface area contributed by atoms with Crippen LogP contribution in [0.15, 0.2) is 18.5 Å². The number of nitrogens with zero attached hydrogens (tertiary/aromatic N) is 1. The molecule has 0 amide bonds. The molecule has 64 valence electrons. The van der Waals surface area contributed by atoms with E-state index in [0.717, 1.165) is 5.56 Å². The van der Waals surface area contributed by atoms with Gasteiger partial charge < -0.3 is 9.47 Å². The van der Waals surface area contributed by atoms with Gasteiger partial charge in [-0.1, -0.05) is 0 Å². The monoisotopic (exact) mass is 167 g/mol. The Hall–Kier alpha value is -1.58. The second-order valence-corrected chi connectivity index (χ2v) is 2.09. The zero-order valence-corrected chi connectivity index (χ0v) is 6.69. The van der Waals surface area contributed by atoms with Crippen molar-refractivity contribution in [1.82, 2.24) is 4.98 Å². The number of carbonyl (C=O) groups is 1. The first-order chi connectivity index (χ1) is 5.88. The second kappa shape index (κ2) is 4.33. The fourth-order valence-electron chi connectivity index (χ4n) is 0.846. The molecule has 0 saturated heterocycles. The van der Waals surface area contributed by atoms with Gasteiger partial charge in [0.05, 0.1) is 7.11 Å². The molecular weight excluding hydrogens is 158 g/mol. The van der Waals surface area contributed by atoms with Gasteiger partial charge in [0.15, 0.2) is 0 Å². The van der Waals surface area contributed by atoms with Crippen molar-refractivity contribution in [2.75, 3.05) is 7.11 Å². The molecule has 0 bridgehead atoms. The van der Waals surface area contributed by atoms with Crippen molar-refractivity contribution in [3.05, 3.63) is 24.0 Å². The molecule has 0 aliphatic carbocycles. The lowest BCUT2D eigenvalue weighted by Gasteiger charge is -2.04. The minimum Gasteiger partial charge on any atom is -0.496 e. The zero-order valence-electron chi connectivity index (χ0n) is 6.69. The number of rotatable bonds is 4. The second-order valence-electron chi connectivity index (χ2n) is 2.09. The van der Waals surface area contributed by atoms with E-state index < -0.39 is 0 Å². The molecule has 12 heavy (non-hydrogen) atoms. The van der Waals surface area contributed by atoms with Crippen molar-refractivity contribution in [3.8, 4) is 5.75 Å². The van der Waals surface area contributed by atoms with Crippen LogP contribution in [-0.4, -0.2) is 18.6 Å². The number of carbonyl (C=O) groups excluding carboxylic acids is 1. The van der Waals surface area contributed by atoms with Gasteiger partial charge in [0, 0.05) is 18.0 Å². The molecule has 0 N–H and O–H groups in total. The average molecular weight is 167 g/mol. The zero-order chi connectivity index (χ0) is 8.81. The van der Waals surface area contributed by atoms with Crippen LogP contribution in [0.4, 0.5) is 0 Å². The molecule has 0 unspecified atom stereocenters. The Labute approximate surface area is 70.1 Å². The lowest BCUT2D eigenvalue weighted by atomic mass is 10.3. The molecule has 0 aliphatic rings. The Kier molecular flexibility index (Phi) is 3.07. The van der Waals surface area contributed by atoms with E-state index in [1.807, 2.05) is 0 Å². The van der Waals surface area contributed by atoms with Gasteiger partial charge in [-0.3, -0.25) is 9.78 Å². The first-order valence-electron chi connectivity index (χ1n) is 3.40. The summed E-state index contributed by atoms with van der Waals surface area (Å²) in [5.41, 5.74) is 0.757. The molecule has 0 spiro atoms. The summed E-state index contributed by atoms with van der Waals surface area (Å²) >= 11 is 0. The quantitative estimate of drug-likeness (QED) is 0.621. The highest BCUT2D eigenvalue weighted by Crippen LogP contribution is 2.15. The van der Waals surface area contributed by atoms with Gasteiger partial charge in [-0.2, -0.15) is 0 Å². The van der Waals surface area contributed by atoms with Crippen molar-refractivity contribution in [2.24, 2.45) is 0 Å². The smallest absolute Gasteiger partial charge is 0.293 e. The van der Waals surface area contributed by atoms with Gasteiger partial charge in [-0.05, 0) is 6.07 Å². The highest BCUT2D eigenvalue weighted by molar-refractivity contribution is 5.38. The summed E-state index contributed by atoms with van der Waals surface area (Å²) in [5.74, 6) is 0.673. The number of methoxy groups -OCH3 is 1. The van der Waals surface area contributed by atoms with Crippen molar-refractivity contribution in [1.29, 1.82) is 0 Å². The molecule has 1 rings (SSSR count). The van der Waals surface area contributed by atoms with E-state index in [1.165, 1.54) is 0 Å². The molecule has 0 aromatic carbocycles. The van der Waals surface area contributed by atoms with E-state index in [9.17, 15) is 4.79 Å². The molecule has 4 heteroatoms. The molecule has 0 fully saturated rings. The maximum atomic E-state index is 9.89. The van der Waals surface area contributed by atoms with Gasteiger partial charge in [-0.15, -0.1) is 0 Å². The van der Waals surface area contributed by atoms with Gasteiger partial charge in [0.25, 0.3) is 6.47 Å². The van der Waals surface area contributed by atoms with Crippen LogP contribution in [0.3, 0.4) is 0 Å². The molecule has 0 radical (unpaired) electrons. The Morgan fingerprint density at radius 2 is 2.50 bits per heavy atom. The fourth-order valence-corrected chi connectivity index (χ4v) is 0.846. The standard InChI is InChI=1S/C8H9NO3/c1-11-8-2-3-9-4-7(8)5-12-6-10/h2-4,6H,5H2,1H3. The van der Waals surface area contributed by atoms with Crippen LogP contribution in [0.1, 0.15) is 5.56 Å². The van der Waals surface area contributed by atoms with Crippen molar-refractivity contribution in [2.45, 2.75) is 6.61 Å². The van der Waals surface area contributed by atoms with E-state index in [4.69, 9.17) is 4.74 Å². The lowest BCUT2D eigenvalue weighted by molar-refractivity contribution is -0.129. The molecule has 1 aromatic heterocycles. The van der Waals surface area contributed by atoms with Crippen LogP contribution in [0.5, 0.6) is 5.75 Å². The molecule has 1 aromatic rings. The Bertz CT molecular complexity index is 262. The minimum atomic E-state index is 0.195. The summed E-state index contributed by atoms with van der Waals surface area (Å²) in [4.78, 5) is 13.8. The largest absolute Gasteiger partial charge is 0.496 e. The van der Waals surface area contributed by atoms with E-state index in [0.29, 0.717) is 12.2 Å². The number of aromatic nitrogens is 1. The highest BCUT2D eigenvalue weighted by atomic mass is 16.5. The number of pyridine rings is 1. The van der Waals surface area contributed by atoms with Crippen LogP contribution in [-0.2, 0) is 16.1 Å². The van der Waals surface area contributed by atoms with Crippen molar-refractivity contribution < 1.29 is 14.3 Å². The van der Waals surface area contributed by atoms with Crippen molar-refractivity contribution in [3.63, 3.8) is 0 Å². The molecule has 0 saturated carbocycles. The maximum absolute atomic E-state index is 9.89. The van der Waals surface area contributed by atoms with Crippen LogP contribution >= 0.6 is 0 Å². The SMILES string of the molecule is COc1ccncc1COC=O. The Morgan fingerprint density at radius 3 is 3.17 bits per heavy atom. The normalized spacial score (nSPS) is 9.08. The maximum Gasteiger partial charge on any atom is 0.293 e. The third kappa shape index (κ3) is 1.95. The van der Waals surface area contributed by atoms with Crippen molar-refractivity contribution >= 4 is 6.47 Å². The summed E-state index contributed by atoms with van der Waals surface area (Å²) in [6, 6.07) is 1.71. The third-order valence-electron chi connectivity index (χ3n) is 1.39. The lowest BCUT2D eigenvalue weighted by Crippen LogP contribution is -1.95. The number of hydrogen-bond acceptors (Lipinski definition) is 4. The summed E-state index contributed by atoms with van der Waals surface area (Å²) in [6.45, 7) is 0.590. The number of ether oxygens (including phenoxy) is 2. The molecule has 0 aliphatic heterocycles. The molecule has 4 nitrogen and oxygen atoms in total. The average Bonchev–Trinajstić information content (AvgIpc) is 2.15. The minimum absolute atomic E-state index is 0.195. The van der Waals surface area contributed by atoms with E-state index in [-0.39, 0.29) is 6.61 Å². The molecular formula is C8H9NO3. The summed E-state index contributed by atoms with van der Waals surface area (Å²) in [5, 5.41) is 0. The van der Waals surface area contributed by atoms with Crippen LogP contribution in [0.25, 0.3) is 0 Å². The van der Waals surface area contributed by atoms with E-state index >= 15 is 0 Å². The topological polar surface area (TPSA) is 48.4 Å². The van der Waals surface area contributed by atoms with E-state index in [2.05, 4.69) is 9.72 Å². The first kappa shape index (κ1) is 8.52. The van der Waals surface area contributed by atoms with Gasteiger partial charge >= 0.3 is 0 Å². The van der Waals surface area contributed by atoms with E-state index in [1.54, 1.807) is 25.6 Å². The summed E-state index contributed by atoms with van der Waals surface area (Å²) in [7, 11) is 1.56. The first-order valence-corrected chi connectivity index (χ1v) is 3.40. The van der Waals surface area contributed by atoms with Gasteiger partial charge in [0.1, 0.15) is 12.4 Å². The van der Waals surface area contributed by atoms with Gasteiger partial charge in [-0.25, -0.2) is 0 Å². The fraction of sp³-hybridized carbons (Fsp3) is 0.250. The Morgan fingerprint density at radius 1 is 1.67 bits per heavy atom. The molecule has 1 heterocycles. The summed E-state index contributed by atoms with van der Waals surface area (Å²) in [6.07, 6.45) is 3.21. The highest BCUT2D eigenvalue weighted by Gasteiger charge is 2.00. The van der Waals surface area contributed by atoms with Crippen LogP contribution in [0.2, 0.25) is 0 Å². The molecule has 0 atom stereocenters.